The van der Waals surface area contributed by atoms with Crippen molar-refractivity contribution in [3.05, 3.63) is 54.2 Å². The predicted octanol–water partition coefficient (Wildman–Crippen LogP) is 5.46. The van der Waals surface area contributed by atoms with E-state index < -0.39 is 11.6 Å². The standard InChI is InChI=1S/C27H32F2N6OS/c1-17(2)35-12-13-36-26-22(28)14-18(15-24(26)35)25-23(29)16-31-27(33-25)32-20-4-6-21(7-5-20)37-34-10-8-19(30-3)9-11-34/h4-7,14-17,19,30H,8-13H2,1-3H3,(H,31,32,33). The van der Waals surface area contributed by atoms with Gasteiger partial charge < -0.3 is 20.3 Å². The van der Waals surface area contributed by atoms with E-state index in [0.29, 0.717) is 30.4 Å². The molecule has 1 aromatic heterocycles. The zero-order chi connectivity index (χ0) is 25.9. The lowest BCUT2D eigenvalue weighted by Crippen LogP contribution is -2.38. The minimum Gasteiger partial charge on any atom is -0.486 e. The Labute approximate surface area is 220 Å². The molecule has 3 heterocycles. The lowest BCUT2D eigenvalue weighted by molar-refractivity contribution is 0.287. The van der Waals surface area contributed by atoms with E-state index in [0.717, 1.165) is 42.7 Å². The molecule has 0 bridgehead atoms. The highest BCUT2D eigenvalue weighted by atomic mass is 32.2. The fourth-order valence-corrected chi connectivity index (χ4v) is 5.67. The van der Waals surface area contributed by atoms with E-state index in [2.05, 4.69) is 24.9 Å². The second kappa shape index (κ2) is 11.2. The van der Waals surface area contributed by atoms with Crippen LogP contribution in [-0.4, -0.2) is 59.6 Å². The highest BCUT2D eigenvalue weighted by molar-refractivity contribution is 7.97. The lowest BCUT2D eigenvalue weighted by atomic mass is 10.1. The SMILES string of the molecule is CNC1CCN(Sc2ccc(Nc3ncc(F)c(-c4cc(F)c5c(c4)N(C(C)C)CCO5)n3)cc2)CC1. The van der Waals surface area contributed by atoms with Crippen LogP contribution in [-0.2, 0) is 0 Å². The van der Waals surface area contributed by atoms with Gasteiger partial charge in [-0.1, -0.05) is 0 Å². The van der Waals surface area contributed by atoms with Crippen molar-refractivity contribution < 1.29 is 13.5 Å². The summed E-state index contributed by atoms with van der Waals surface area (Å²) < 4.78 is 37.7. The van der Waals surface area contributed by atoms with E-state index in [4.69, 9.17) is 4.74 Å². The van der Waals surface area contributed by atoms with Crippen LogP contribution in [0.4, 0.5) is 26.1 Å². The second-order valence-electron chi connectivity index (χ2n) is 9.56. The molecule has 10 heteroatoms. The number of halogens is 2. The molecule has 2 aliphatic heterocycles. The number of hydrogen-bond donors (Lipinski definition) is 2. The van der Waals surface area contributed by atoms with Gasteiger partial charge in [-0.2, -0.15) is 0 Å². The molecule has 2 N–H and O–H groups in total. The molecular formula is C27H32F2N6OS. The summed E-state index contributed by atoms with van der Waals surface area (Å²) in [5.41, 5.74) is 1.76. The van der Waals surface area contributed by atoms with Gasteiger partial charge in [-0.25, -0.2) is 23.1 Å². The van der Waals surface area contributed by atoms with Crippen LogP contribution in [0.2, 0.25) is 0 Å². The van der Waals surface area contributed by atoms with Crippen LogP contribution < -0.4 is 20.3 Å². The molecule has 5 rings (SSSR count). The van der Waals surface area contributed by atoms with E-state index in [1.54, 1.807) is 18.0 Å². The van der Waals surface area contributed by atoms with Crippen LogP contribution in [0.3, 0.4) is 0 Å². The number of piperidine rings is 1. The molecule has 0 aliphatic carbocycles. The summed E-state index contributed by atoms with van der Waals surface area (Å²) in [4.78, 5) is 11.7. The lowest BCUT2D eigenvalue weighted by Gasteiger charge is -2.34. The van der Waals surface area contributed by atoms with Crippen molar-refractivity contribution in [1.82, 2.24) is 19.6 Å². The first-order valence-corrected chi connectivity index (χ1v) is 13.4. The number of hydrogen-bond acceptors (Lipinski definition) is 8. The van der Waals surface area contributed by atoms with Crippen LogP contribution in [0, 0.1) is 11.6 Å². The third kappa shape index (κ3) is 5.81. The van der Waals surface area contributed by atoms with Crippen LogP contribution in [0.5, 0.6) is 5.75 Å². The Kier molecular flexibility index (Phi) is 7.78. The van der Waals surface area contributed by atoms with Gasteiger partial charge >= 0.3 is 0 Å². The summed E-state index contributed by atoms with van der Waals surface area (Å²) in [6, 6.07) is 11.7. The van der Waals surface area contributed by atoms with Gasteiger partial charge in [-0.05, 0) is 82.1 Å². The van der Waals surface area contributed by atoms with E-state index >= 15 is 0 Å². The van der Waals surface area contributed by atoms with Gasteiger partial charge in [-0.15, -0.1) is 0 Å². The summed E-state index contributed by atoms with van der Waals surface area (Å²) >= 11 is 1.76. The summed E-state index contributed by atoms with van der Waals surface area (Å²) in [6.07, 6.45) is 3.39. The average Bonchev–Trinajstić information content (AvgIpc) is 2.91. The van der Waals surface area contributed by atoms with E-state index in [-0.39, 0.29) is 23.4 Å². The van der Waals surface area contributed by atoms with Gasteiger partial charge in [0.2, 0.25) is 5.95 Å². The van der Waals surface area contributed by atoms with Crippen molar-refractivity contribution in [2.45, 2.75) is 43.7 Å². The number of anilines is 3. The van der Waals surface area contributed by atoms with E-state index in [9.17, 15) is 8.78 Å². The highest BCUT2D eigenvalue weighted by Gasteiger charge is 2.26. The van der Waals surface area contributed by atoms with Gasteiger partial charge in [0.25, 0.3) is 0 Å². The molecule has 2 aromatic carbocycles. The van der Waals surface area contributed by atoms with Crippen molar-refractivity contribution in [2.24, 2.45) is 0 Å². The van der Waals surface area contributed by atoms with Crippen molar-refractivity contribution in [3.63, 3.8) is 0 Å². The van der Waals surface area contributed by atoms with Crippen LogP contribution in [0.1, 0.15) is 26.7 Å². The van der Waals surface area contributed by atoms with Crippen molar-refractivity contribution >= 4 is 29.3 Å². The monoisotopic (exact) mass is 526 g/mol. The van der Waals surface area contributed by atoms with Gasteiger partial charge in [0.1, 0.15) is 12.3 Å². The highest BCUT2D eigenvalue weighted by Crippen LogP contribution is 2.39. The molecule has 2 aliphatic rings. The average molecular weight is 527 g/mol. The molecule has 196 valence electrons. The molecular weight excluding hydrogens is 494 g/mol. The number of nitrogens with one attached hydrogen (secondary N) is 2. The topological polar surface area (TPSA) is 65.5 Å². The smallest absolute Gasteiger partial charge is 0.227 e. The number of ether oxygens (including phenoxy) is 1. The Morgan fingerprint density at radius 1 is 1.05 bits per heavy atom. The van der Waals surface area contributed by atoms with Crippen molar-refractivity contribution in [2.75, 3.05) is 43.5 Å². The Balaban J connectivity index is 1.32. The molecule has 0 atom stereocenters. The maximum Gasteiger partial charge on any atom is 0.227 e. The fraction of sp³-hybridized carbons (Fsp3) is 0.407. The summed E-state index contributed by atoms with van der Waals surface area (Å²) in [5.74, 6) is -0.720. The van der Waals surface area contributed by atoms with Gasteiger partial charge in [0, 0.05) is 41.3 Å². The summed E-state index contributed by atoms with van der Waals surface area (Å²) in [6.45, 7) is 7.20. The van der Waals surface area contributed by atoms with Gasteiger partial charge in [-0.3, -0.25) is 0 Å². The number of aromatic nitrogens is 2. The minimum absolute atomic E-state index is 0.0330. The van der Waals surface area contributed by atoms with E-state index in [1.807, 2.05) is 50.1 Å². The quantitative estimate of drug-likeness (QED) is 0.394. The normalized spacial score (nSPS) is 16.5. The molecule has 37 heavy (non-hydrogen) atoms. The first-order chi connectivity index (χ1) is 17.9. The molecule has 0 amide bonds. The second-order valence-corrected chi connectivity index (χ2v) is 10.7. The summed E-state index contributed by atoms with van der Waals surface area (Å²) in [7, 11) is 2.02. The number of fused-ring (bicyclic) bond motifs is 1. The van der Waals surface area contributed by atoms with Gasteiger partial charge in [0.05, 0.1) is 18.4 Å². The number of benzene rings is 2. The number of nitrogens with zero attached hydrogens (tertiary/aromatic N) is 4. The minimum atomic E-state index is -0.619. The Hall–Kier alpha value is -2.95. The Bertz CT molecular complexity index is 1230. The zero-order valence-electron chi connectivity index (χ0n) is 21.3. The van der Waals surface area contributed by atoms with Crippen LogP contribution >= 0.6 is 11.9 Å². The molecule has 0 radical (unpaired) electrons. The van der Waals surface area contributed by atoms with Crippen molar-refractivity contribution in [1.29, 1.82) is 0 Å². The first kappa shape index (κ1) is 25.7. The Morgan fingerprint density at radius 2 is 1.81 bits per heavy atom. The van der Waals surface area contributed by atoms with Crippen molar-refractivity contribution in [3.8, 4) is 17.0 Å². The predicted molar refractivity (Wildman–Crippen MR) is 145 cm³/mol. The molecule has 0 spiro atoms. The number of rotatable bonds is 7. The molecule has 3 aromatic rings. The largest absolute Gasteiger partial charge is 0.486 e. The summed E-state index contributed by atoms with van der Waals surface area (Å²) in [5, 5.41) is 6.49. The molecule has 0 saturated carbocycles. The van der Waals surface area contributed by atoms with Crippen LogP contribution in [0.15, 0.2) is 47.5 Å². The third-order valence-corrected chi connectivity index (χ3v) is 7.87. The maximum absolute atomic E-state index is 14.9. The van der Waals surface area contributed by atoms with Gasteiger partial charge in [0.15, 0.2) is 17.4 Å². The van der Waals surface area contributed by atoms with E-state index in [1.165, 1.54) is 6.07 Å². The Morgan fingerprint density at radius 3 is 2.51 bits per heavy atom. The zero-order valence-corrected chi connectivity index (χ0v) is 22.1. The molecule has 7 nitrogen and oxygen atoms in total. The van der Waals surface area contributed by atoms with Crippen LogP contribution in [0.25, 0.3) is 11.3 Å². The fourth-order valence-electron chi connectivity index (χ4n) is 4.72. The third-order valence-electron chi connectivity index (χ3n) is 6.76. The molecule has 1 saturated heterocycles. The molecule has 1 fully saturated rings. The molecule has 0 unspecified atom stereocenters. The first-order valence-electron chi connectivity index (χ1n) is 12.6. The maximum atomic E-state index is 14.9.